The van der Waals surface area contributed by atoms with Crippen LogP contribution in [-0.4, -0.2) is 42.8 Å². The molecule has 0 aromatic heterocycles. The van der Waals surface area contributed by atoms with Crippen LogP contribution in [0.25, 0.3) is 0 Å². The van der Waals surface area contributed by atoms with Gasteiger partial charge in [-0.05, 0) is 26.7 Å². The molecule has 1 amide bonds. The van der Waals surface area contributed by atoms with Gasteiger partial charge in [0.1, 0.15) is 5.60 Å². The van der Waals surface area contributed by atoms with Gasteiger partial charge in [0.25, 0.3) is 5.91 Å². The number of hydrogen-bond acceptors (Lipinski definition) is 2. The van der Waals surface area contributed by atoms with Gasteiger partial charge in [0.15, 0.2) is 0 Å². The van der Waals surface area contributed by atoms with Crippen LogP contribution in [0.2, 0.25) is 0 Å². The Labute approximate surface area is 98.9 Å². The summed E-state index contributed by atoms with van der Waals surface area (Å²) < 4.78 is 42.4. The average molecular weight is 253 g/mol. The Morgan fingerprint density at radius 3 is 2.06 bits per heavy atom. The van der Waals surface area contributed by atoms with Gasteiger partial charge in [0.2, 0.25) is 0 Å². The highest BCUT2D eigenvalue weighted by atomic mass is 19.4. The van der Waals surface area contributed by atoms with Crippen molar-refractivity contribution in [3.8, 4) is 0 Å². The number of hydrogen-bond donors (Lipinski definition) is 0. The first-order chi connectivity index (χ1) is 7.68. The number of rotatable bonds is 2. The molecule has 1 aliphatic heterocycles. The lowest BCUT2D eigenvalue weighted by molar-refractivity contribution is -0.188. The second kappa shape index (κ2) is 4.84. The largest absolute Gasteiger partial charge is 0.391 e. The highest BCUT2D eigenvalue weighted by Gasteiger charge is 2.43. The molecule has 1 aliphatic rings. The van der Waals surface area contributed by atoms with Crippen molar-refractivity contribution >= 4 is 5.91 Å². The Morgan fingerprint density at radius 1 is 1.24 bits per heavy atom. The number of amides is 1. The predicted molar refractivity (Wildman–Crippen MR) is 56.4 cm³/mol. The maximum Gasteiger partial charge on any atom is 0.391 e. The zero-order chi connectivity index (χ0) is 13.3. The van der Waals surface area contributed by atoms with E-state index in [1.807, 2.05) is 0 Å². The lowest BCUT2D eigenvalue weighted by Gasteiger charge is -2.36. The summed E-state index contributed by atoms with van der Waals surface area (Å²) in [4.78, 5) is 13.4. The van der Waals surface area contributed by atoms with Crippen LogP contribution < -0.4 is 0 Å². The van der Waals surface area contributed by atoms with Gasteiger partial charge in [-0.2, -0.15) is 13.2 Å². The number of piperidine rings is 1. The van der Waals surface area contributed by atoms with Gasteiger partial charge in [-0.3, -0.25) is 4.79 Å². The second-order valence-corrected chi connectivity index (χ2v) is 4.82. The van der Waals surface area contributed by atoms with Crippen LogP contribution in [-0.2, 0) is 9.53 Å². The maximum absolute atomic E-state index is 12.4. The molecule has 0 saturated carbocycles. The summed E-state index contributed by atoms with van der Waals surface area (Å²) in [5, 5.41) is 0. The van der Waals surface area contributed by atoms with Gasteiger partial charge >= 0.3 is 6.18 Å². The zero-order valence-electron chi connectivity index (χ0n) is 10.3. The molecule has 1 rings (SSSR count). The third kappa shape index (κ3) is 3.34. The third-order valence-corrected chi connectivity index (χ3v) is 3.27. The molecule has 1 fully saturated rings. The fourth-order valence-electron chi connectivity index (χ4n) is 1.88. The van der Waals surface area contributed by atoms with E-state index in [4.69, 9.17) is 4.74 Å². The molecule has 0 unspecified atom stereocenters. The molecular weight excluding hydrogens is 235 g/mol. The van der Waals surface area contributed by atoms with Crippen LogP contribution in [0.1, 0.15) is 26.7 Å². The summed E-state index contributed by atoms with van der Waals surface area (Å²) in [7, 11) is 1.42. The number of carbonyl (C=O) groups is 1. The highest BCUT2D eigenvalue weighted by molar-refractivity contribution is 5.84. The van der Waals surface area contributed by atoms with E-state index in [1.165, 1.54) is 12.0 Å². The fraction of sp³-hybridized carbons (Fsp3) is 0.909. The van der Waals surface area contributed by atoms with E-state index < -0.39 is 17.7 Å². The molecule has 0 N–H and O–H groups in total. The van der Waals surface area contributed by atoms with Crippen molar-refractivity contribution in [1.82, 2.24) is 4.90 Å². The molecule has 6 heteroatoms. The van der Waals surface area contributed by atoms with E-state index in [1.54, 1.807) is 13.8 Å². The molecule has 17 heavy (non-hydrogen) atoms. The van der Waals surface area contributed by atoms with Crippen molar-refractivity contribution in [2.75, 3.05) is 20.2 Å². The Morgan fingerprint density at radius 2 is 1.71 bits per heavy atom. The minimum Gasteiger partial charge on any atom is -0.369 e. The quantitative estimate of drug-likeness (QED) is 0.755. The normalized spacial score (nSPS) is 19.5. The van der Waals surface area contributed by atoms with Gasteiger partial charge in [-0.1, -0.05) is 0 Å². The second-order valence-electron chi connectivity index (χ2n) is 4.82. The number of halogens is 3. The van der Waals surface area contributed by atoms with E-state index >= 15 is 0 Å². The molecule has 0 radical (unpaired) electrons. The number of carbonyl (C=O) groups excluding carboxylic acids is 1. The smallest absolute Gasteiger partial charge is 0.369 e. The molecule has 100 valence electrons. The Balaban J connectivity index is 2.56. The summed E-state index contributed by atoms with van der Waals surface area (Å²) >= 11 is 0. The molecule has 0 aromatic carbocycles. The van der Waals surface area contributed by atoms with Crippen molar-refractivity contribution in [3.63, 3.8) is 0 Å². The average Bonchev–Trinajstić information content (AvgIpc) is 2.27. The molecule has 3 nitrogen and oxygen atoms in total. The third-order valence-electron chi connectivity index (χ3n) is 3.27. The summed E-state index contributed by atoms with van der Waals surface area (Å²) in [5.41, 5.74) is -0.967. The summed E-state index contributed by atoms with van der Waals surface area (Å²) in [5.74, 6) is -1.53. The first-order valence-electron chi connectivity index (χ1n) is 5.59. The topological polar surface area (TPSA) is 29.5 Å². The molecular formula is C11H18F3NO2. The van der Waals surface area contributed by atoms with E-state index in [0.717, 1.165) is 0 Å². The van der Waals surface area contributed by atoms with Crippen molar-refractivity contribution in [2.24, 2.45) is 5.92 Å². The number of ether oxygens (including phenoxy) is 1. The van der Waals surface area contributed by atoms with E-state index in [-0.39, 0.29) is 31.8 Å². The Kier molecular flexibility index (Phi) is 4.06. The number of likely N-dealkylation sites (tertiary alicyclic amines) is 1. The van der Waals surface area contributed by atoms with Crippen LogP contribution in [0.4, 0.5) is 13.2 Å². The van der Waals surface area contributed by atoms with Crippen molar-refractivity contribution in [2.45, 2.75) is 38.5 Å². The van der Waals surface area contributed by atoms with Gasteiger partial charge in [-0.25, -0.2) is 0 Å². The van der Waals surface area contributed by atoms with Crippen molar-refractivity contribution in [3.05, 3.63) is 0 Å². The summed E-state index contributed by atoms with van der Waals surface area (Å²) in [6, 6.07) is 0. The first kappa shape index (κ1) is 14.3. The molecule has 0 atom stereocenters. The van der Waals surface area contributed by atoms with Gasteiger partial charge < -0.3 is 9.64 Å². The minimum atomic E-state index is -4.15. The van der Waals surface area contributed by atoms with Crippen LogP contribution in [0.5, 0.6) is 0 Å². The molecule has 0 aromatic rings. The number of nitrogens with zero attached hydrogens (tertiary/aromatic N) is 1. The maximum atomic E-state index is 12.4. The van der Waals surface area contributed by atoms with Crippen LogP contribution >= 0.6 is 0 Å². The van der Waals surface area contributed by atoms with E-state index in [9.17, 15) is 18.0 Å². The van der Waals surface area contributed by atoms with Crippen molar-refractivity contribution in [1.29, 1.82) is 0 Å². The fourth-order valence-corrected chi connectivity index (χ4v) is 1.88. The first-order valence-corrected chi connectivity index (χ1v) is 5.59. The van der Waals surface area contributed by atoms with E-state index in [2.05, 4.69) is 0 Å². The molecule has 0 bridgehead atoms. The van der Waals surface area contributed by atoms with Gasteiger partial charge in [-0.15, -0.1) is 0 Å². The van der Waals surface area contributed by atoms with Crippen LogP contribution in [0, 0.1) is 5.92 Å². The van der Waals surface area contributed by atoms with E-state index in [0.29, 0.717) is 0 Å². The zero-order valence-corrected chi connectivity index (χ0v) is 10.3. The minimum absolute atomic E-state index is 0.0188. The lowest BCUT2D eigenvalue weighted by atomic mass is 9.95. The SMILES string of the molecule is COC(C)(C)C(=O)N1CCC(C(F)(F)F)CC1. The summed E-state index contributed by atoms with van der Waals surface area (Å²) in [6.45, 7) is 3.53. The molecule has 1 heterocycles. The Bertz CT molecular complexity index is 281. The van der Waals surface area contributed by atoms with Crippen LogP contribution in [0.15, 0.2) is 0 Å². The number of methoxy groups -OCH3 is 1. The molecule has 1 saturated heterocycles. The Hall–Kier alpha value is -0.780. The lowest BCUT2D eigenvalue weighted by Crippen LogP contribution is -2.50. The van der Waals surface area contributed by atoms with Crippen molar-refractivity contribution < 1.29 is 22.7 Å². The summed E-state index contributed by atoms with van der Waals surface area (Å²) in [6.07, 6.45) is -4.18. The monoisotopic (exact) mass is 253 g/mol. The highest BCUT2D eigenvalue weighted by Crippen LogP contribution is 2.34. The number of alkyl halides is 3. The van der Waals surface area contributed by atoms with Gasteiger partial charge in [0, 0.05) is 20.2 Å². The van der Waals surface area contributed by atoms with Crippen LogP contribution in [0.3, 0.4) is 0 Å². The predicted octanol–water partition coefficient (Wildman–Crippen LogP) is 2.21. The molecule has 0 aliphatic carbocycles. The van der Waals surface area contributed by atoms with Gasteiger partial charge in [0.05, 0.1) is 5.92 Å². The molecule has 0 spiro atoms. The standard InChI is InChI=1S/C11H18F3NO2/c1-10(2,17-3)9(16)15-6-4-8(5-7-15)11(12,13)14/h8H,4-7H2,1-3H3.